The van der Waals surface area contributed by atoms with Crippen LogP contribution in [-0.4, -0.2) is 46.8 Å². The quantitative estimate of drug-likeness (QED) is 0.634. The largest absolute Gasteiger partial charge is 0.496 e. The zero-order valence-electron chi connectivity index (χ0n) is 17.1. The summed E-state index contributed by atoms with van der Waals surface area (Å²) in [5, 5.41) is 0. The second-order valence-electron chi connectivity index (χ2n) is 7.72. The molecule has 2 aliphatic heterocycles. The van der Waals surface area contributed by atoms with Crippen molar-refractivity contribution in [2.75, 3.05) is 25.1 Å². The van der Waals surface area contributed by atoms with Gasteiger partial charge in [-0.25, -0.2) is 18.7 Å². The Morgan fingerprint density at radius 3 is 2.68 bits per heavy atom. The van der Waals surface area contributed by atoms with E-state index in [4.69, 9.17) is 9.73 Å². The summed E-state index contributed by atoms with van der Waals surface area (Å²) in [5.74, 6) is -1.19. The van der Waals surface area contributed by atoms with E-state index in [0.29, 0.717) is 18.1 Å². The predicted octanol–water partition coefficient (Wildman–Crippen LogP) is 4.13. The SMILES string of the molecule is COc1ccncc1-c1ccc2c(c1)C(c1cc(N3CCC(F)(F)CC3)ncn1)=NC2. The molecular weight excluding hydrogens is 400 g/mol. The van der Waals surface area contributed by atoms with Crippen molar-refractivity contribution in [3.05, 3.63) is 65.9 Å². The van der Waals surface area contributed by atoms with E-state index in [1.165, 1.54) is 6.33 Å². The van der Waals surface area contributed by atoms with Gasteiger partial charge in [0.2, 0.25) is 0 Å². The minimum atomic E-state index is -2.59. The van der Waals surface area contributed by atoms with Crippen LogP contribution in [0.1, 0.15) is 29.7 Å². The van der Waals surface area contributed by atoms with Gasteiger partial charge in [0.1, 0.15) is 17.9 Å². The fourth-order valence-corrected chi connectivity index (χ4v) is 4.06. The van der Waals surface area contributed by atoms with E-state index in [9.17, 15) is 8.78 Å². The van der Waals surface area contributed by atoms with Crippen LogP contribution in [0, 0.1) is 0 Å². The molecular formula is C23H21F2N5O. The molecule has 2 aromatic heterocycles. The van der Waals surface area contributed by atoms with Gasteiger partial charge in [0, 0.05) is 55.5 Å². The van der Waals surface area contributed by atoms with Crippen LogP contribution < -0.4 is 9.64 Å². The molecule has 31 heavy (non-hydrogen) atoms. The van der Waals surface area contributed by atoms with Crippen LogP contribution in [0.25, 0.3) is 11.1 Å². The molecule has 1 aromatic carbocycles. The number of alkyl halides is 2. The second-order valence-corrected chi connectivity index (χ2v) is 7.72. The van der Waals surface area contributed by atoms with Crippen molar-refractivity contribution in [2.45, 2.75) is 25.3 Å². The summed E-state index contributed by atoms with van der Waals surface area (Å²) in [5.41, 5.74) is 5.46. The molecule has 0 aliphatic carbocycles. The van der Waals surface area contributed by atoms with Gasteiger partial charge in [-0.1, -0.05) is 12.1 Å². The third-order valence-corrected chi connectivity index (χ3v) is 5.80. The number of methoxy groups -OCH3 is 1. The van der Waals surface area contributed by atoms with Crippen LogP contribution in [0.3, 0.4) is 0 Å². The molecule has 0 radical (unpaired) electrons. The van der Waals surface area contributed by atoms with Crippen LogP contribution in [0.2, 0.25) is 0 Å². The monoisotopic (exact) mass is 421 g/mol. The van der Waals surface area contributed by atoms with Crippen molar-refractivity contribution < 1.29 is 13.5 Å². The molecule has 3 aromatic rings. The number of piperidine rings is 1. The molecule has 1 fully saturated rings. The van der Waals surface area contributed by atoms with Crippen molar-refractivity contribution in [1.82, 2.24) is 15.0 Å². The molecule has 0 unspecified atom stereocenters. The van der Waals surface area contributed by atoms with Crippen LogP contribution in [0.5, 0.6) is 5.75 Å². The summed E-state index contributed by atoms with van der Waals surface area (Å²) in [7, 11) is 1.64. The number of hydrogen-bond donors (Lipinski definition) is 0. The summed E-state index contributed by atoms with van der Waals surface area (Å²) < 4.78 is 32.5. The summed E-state index contributed by atoms with van der Waals surface area (Å²) in [6, 6.07) is 9.84. The summed E-state index contributed by atoms with van der Waals surface area (Å²) in [6.45, 7) is 1.12. The summed E-state index contributed by atoms with van der Waals surface area (Å²) >= 11 is 0. The first-order valence-corrected chi connectivity index (χ1v) is 10.2. The van der Waals surface area contributed by atoms with Crippen LogP contribution in [-0.2, 0) is 6.54 Å². The highest BCUT2D eigenvalue weighted by molar-refractivity contribution is 6.14. The van der Waals surface area contributed by atoms with Gasteiger partial charge in [-0.2, -0.15) is 0 Å². The first kappa shape index (κ1) is 19.5. The van der Waals surface area contributed by atoms with E-state index in [0.717, 1.165) is 33.7 Å². The van der Waals surface area contributed by atoms with Gasteiger partial charge in [0.25, 0.3) is 5.92 Å². The van der Waals surface area contributed by atoms with Gasteiger partial charge in [-0.05, 0) is 23.3 Å². The predicted molar refractivity (Wildman–Crippen MR) is 114 cm³/mol. The number of pyridine rings is 1. The van der Waals surface area contributed by atoms with E-state index in [2.05, 4.69) is 27.1 Å². The van der Waals surface area contributed by atoms with Crippen molar-refractivity contribution in [3.63, 3.8) is 0 Å². The fourth-order valence-electron chi connectivity index (χ4n) is 4.06. The molecule has 0 spiro atoms. The number of aromatic nitrogens is 3. The van der Waals surface area contributed by atoms with E-state index in [-0.39, 0.29) is 25.9 Å². The van der Waals surface area contributed by atoms with Gasteiger partial charge in [0.15, 0.2) is 0 Å². The number of aliphatic imine (C=N–C) groups is 1. The maximum Gasteiger partial charge on any atom is 0.251 e. The maximum absolute atomic E-state index is 13.5. The van der Waals surface area contributed by atoms with Crippen LogP contribution in [0.15, 0.2) is 54.0 Å². The highest BCUT2D eigenvalue weighted by Gasteiger charge is 2.34. The van der Waals surface area contributed by atoms with Gasteiger partial charge in [-0.3, -0.25) is 9.98 Å². The Balaban J connectivity index is 1.47. The lowest BCUT2D eigenvalue weighted by atomic mass is 9.97. The lowest BCUT2D eigenvalue weighted by Crippen LogP contribution is -2.39. The summed E-state index contributed by atoms with van der Waals surface area (Å²) in [6.07, 6.45) is 4.63. The number of halogens is 2. The Labute approximate surface area is 178 Å². The zero-order valence-corrected chi connectivity index (χ0v) is 17.1. The minimum Gasteiger partial charge on any atom is -0.496 e. The molecule has 0 atom stereocenters. The molecule has 0 saturated carbocycles. The molecule has 5 rings (SSSR count). The highest BCUT2D eigenvalue weighted by atomic mass is 19.3. The number of benzene rings is 1. The van der Waals surface area contributed by atoms with Gasteiger partial charge >= 0.3 is 0 Å². The van der Waals surface area contributed by atoms with Crippen LogP contribution >= 0.6 is 0 Å². The molecule has 0 N–H and O–H groups in total. The smallest absolute Gasteiger partial charge is 0.251 e. The Hall–Kier alpha value is -3.42. The Kier molecular flexibility index (Phi) is 4.84. The average molecular weight is 421 g/mol. The summed E-state index contributed by atoms with van der Waals surface area (Å²) in [4.78, 5) is 19.6. The fraction of sp³-hybridized carbons (Fsp3) is 0.304. The topological polar surface area (TPSA) is 63.5 Å². The Morgan fingerprint density at radius 2 is 1.87 bits per heavy atom. The lowest BCUT2D eigenvalue weighted by molar-refractivity contribution is -0.0221. The molecule has 8 heteroatoms. The third kappa shape index (κ3) is 3.73. The molecule has 1 saturated heterocycles. The number of ether oxygens (including phenoxy) is 1. The highest BCUT2D eigenvalue weighted by Crippen LogP contribution is 2.34. The Morgan fingerprint density at radius 1 is 1.03 bits per heavy atom. The first-order valence-electron chi connectivity index (χ1n) is 10.2. The lowest BCUT2D eigenvalue weighted by Gasteiger charge is -2.32. The van der Waals surface area contributed by atoms with E-state index >= 15 is 0 Å². The van der Waals surface area contributed by atoms with Crippen molar-refractivity contribution >= 4 is 11.5 Å². The van der Waals surface area contributed by atoms with Crippen LogP contribution in [0.4, 0.5) is 14.6 Å². The minimum absolute atomic E-state index is 0.160. The van der Waals surface area contributed by atoms with Gasteiger partial charge in [0.05, 0.1) is 25.1 Å². The molecule has 158 valence electrons. The van der Waals surface area contributed by atoms with Crippen molar-refractivity contribution in [1.29, 1.82) is 0 Å². The van der Waals surface area contributed by atoms with Gasteiger partial charge < -0.3 is 9.64 Å². The Bertz CT molecular complexity index is 1150. The number of rotatable bonds is 4. The molecule has 0 bridgehead atoms. The molecule has 6 nitrogen and oxygen atoms in total. The average Bonchev–Trinajstić information content (AvgIpc) is 3.22. The number of anilines is 1. The van der Waals surface area contributed by atoms with Crippen molar-refractivity contribution in [2.24, 2.45) is 4.99 Å². The third-order valence-electron chi connectivity index (χ3n) is 5.80. The van der Waals surface area contributed by atoms with E-state index < -0.39 is 5.92 Å². The van der Waals surface area contributed by atoms with E-state index in [1.807, 2.05) is 23.1 Å². The molecule has 0 amide bonds. The first-order chi connectivity index (χ1) is 15.0. The van der Waals surface area contributed by atoms with Crippen molar-refractivity contribution in [3.8, 4) is 16.9 Å². The van der Waals surface area contributed by atoms with Gasteiger partial charge in [-0.15, -0.1) is 0 Å². The second kappa shape index (κ2) is 7.68. The number of fused-ring (bicyclic) bond motifs is 1. The molecule has 4 heterocycles. The number of nitrogens with zero attached hydrogens (tertiary/aromatic N) is 5. The standard InChI is InChI=1S/C23H21F2N5O/c1-31-20-4-7-26-13-18(20)15-2-3-16-12-27-22(17(16)10-15)19-11-21(29-14-28-19)30-8-5-23(24,25)6-9-30/h2-4,7,10-11,13-14H,5-6,8-9,12H2,1H3. The normalized spacial score (nSPS) is 17.3. The zero-order chi connectivity index (χ0) is 21.4. The van der Waals surface area contributed by atoms with E-state index in [1.54, 1.807) is 19.5 Å². The molecule has 2 aliphatic rings. The number of hydrogen-bond acceptors (Lipinski definition) is 6. The maximum atomic E-state index is 13.5.